The van der Waals surface area contributed by atoms with E-state index in [1.54, 1.807) is 6.92 Å². The summed E-state index contributed by atoms with van der Waals surface area (Å²) in [5.74, 6) is 0.132. The number of hydrogen-bond donors (Lipinski definition) is 0. The lowest BCUT2D eigenvalue weighted by molar-refractivity contribution is 0.101. The fourth-order valence-electron chi connectivity index (χ4n) is 2.54. The fourth-order valence-corrected chi connectivity index (χ4v) is 2.54. The van der Waals surface area contributed by atoms with Crippen LogP contribution in [0.1, 0.15) is 31.1 Å². The number of carbonyl (C=O) groups is 1. The average molecular weight is 246 g/mol. The predicted octanol–water partition coefficient (Wildman–Crippen LogP) is 2.42. The summed E-state index contributed by atoms with van der Waals surface area (Å²) < 4.78 is 0. The van der Waals surface area contributed by atoms with Crippen LogP contribution in [0.4, 0.5) is 5.69 Å². The molecule has 1 aromatic carbocycles. The first-order valence-corrected chi connectivity index (χ1v) is 6.57. The summed E-state index contributed by atoms with van der Waals surface area (Å²) in [5, 5.41) is 0. The first-order chi connectivity index (χ1) is 8.49. The molecule has 1 aromatic rings. The van der Waals surface area contributed by atoms with Gasteiger partial charge in [0.25, 0.3) is 0 Å². The van der Waals surface area contributed by atoms with Crippen molar-refractivity contribution in [2.75, 3.05) is 25.0 Å². The number of nitrogens with zero attached hydrogens (tertiary/aromatic N) is 2. The molecule has 1 aliphatic rings. The standard InChI is InChI=1S/C15H22N2O/c1-11-9-17(10-12(2)16(11)4)15-7-5-6-14(8-15)13(3)18/h5-8,11-12H,9-10H2,1-4H3/t11-,12?/m1/s1. The molecule has 0 N–H and O–H groups in total. The minimum Gasteiger partial charge on any atom is -0.368 e. The van der Waals surface area contributed by atoms with Crippen LogP contribution in [-0.2, 0) is 0 Å². The highest BCUT2D eigenvalue weighted by atomic mass is 16.1. The normalized spacial score (nSPS) is 25.2. The molecule has 98 valence electrons. The number of Topliss-reactive ketones (excluding diaryl/α,β-unsaturated/α-hetero) is 1. The Bertz CT molecular complexity index is 432. The maximum absolute atomic E-state index is 11.4. The van der Waals surface area contributed by atoms with E-state index in [0.29, 0.717) is 12.1 Å². The Balaban J connectivity index is 2.21. The van der Waals surface area contributed by atoms with Crippen LogP contribution in [0.25, 0.3) is 0 Å². The van der Waals surface area contributed by atoms with Gasteiger partial charge in [-0.05, 0) is 40.0 Å². The van der Waals surface area contributed by atoms with Crippen molar-refractivity contribution in [1.29, 1.82) is 0 Å². The summed E-state index contributed by atoms with van der Waals surface area (Å²) in [6.07, 6.45) is 0. The molecule has 1 saturated heterocycles. The molecule has 1 fully saturated rings. The summed E-state index contributed by atoms with van der Waals surface area (Å²) in [7, 11) is 2.18. The van der Waals surface area contributed by atoms with Crippen molar-refractivity contribution in [2.24, 2.45) is 0 Å². The largest absolute Gasteiger partial charge is 0.368 e. The zero-order chi connectivity index (χ0) is 13.3. The van der Waals surface area contributed by atoms with Crippen LogP contribution >= 0.6 is 0 Å². The number of carbonyl (C=O) groups excluding carboxylic acids is 1. The summed E-state index contributed by atoms with van der Waals surface area (Å²) >= 11 is 0. The van der Waals surface area contributed by atoms with Crippen LogP contribution < -0.4 is 4.90 Å². The minimum atomic E-state index is 0.132. The van der Waals surface area contributed by atoms with Gasteiger partial charge in [-0.2, -0.15) is 0 Å². The number of ketones is 1. The Kier molecular flexibility index (Phi) is 3.71. The SMILES string of the molecule is CC(=O)c1cccc(N2CC(C)N(C)[C@H](C)C2)c1. The van der Waals surface area contributed by atoms with E-state index in [4.69, 9.17) is 0 Å². The van der Waals surface area contributed by atoms with Gasteiger partial charge in [-0.25, -0.2) is 0 Å². The van der Waals surface area contributed by atoms with Gasteiger partial charge >= 0.3 is 0 Å². The van der Waals surface area contributed by atoms with Crippen LogP contribution in [0.2, 0.25) is 0 Å². The molecular formula is C15H22N2O. The molecule has 0 spiro atoms. The van der Waals surface area contributed by atoms with Crippen LogP contribution in [0.15, 0.2) is 24.3 Å². The predicted molar refractivity (Wildman–Crippen MR) is 75.3 cm³/mol. The molecule has 0 saturated carbocycles. The van der Waals surface area contributed by atoms with Crippen molar-refractivity contribution in [3.8, 4) is 0 Å². The van der Waals surface area contributed by atoms with E-state index in [1.165, 1.54) is 0 Å². The van der Waals surface area contributed by atoms with Gasteiger partial charge < -0.3 is 4.90 Å². The first kappa shape index (κ1) is 13.1. The number of likely N-dealkylation sites (N-methyl/N-ethyl adjacent to an activating group) is 1. The number of benzene rings is 1. The lowest BCUT2D eigenvalue weighted by Crippen LogP contribution is -2.55. The van der Waals surface area contributed by atoms with Crippen molar-refractivity contribution < 1.29 is 4.79 Å². The van der Waals surface area contributed by atoms with Crippen molar-refractivity contribution in [3.05, 3.63) is 29.8 Å². The molecule has 3 nitrogen and oxygen atoms in total. The summed E-state index contributed by atoms with van der Waals surface area (Å²) in [5.41, 5.74) is 1.96. The Morgan fingerprint density at radius 1 is 1.22 bits per heavy atom. The highest BCUT2D eigenvalue weighted by Gasteiger charge is 2.26. The maximum Gasteiger partial charge on any atom is 0.159 e. The Hall–Kier alpha value is -1.35. The van der Waals surface area contributed by atoms with Crippen LogP contribution in [-0.4, -0.2) is 42.9 Å². The van der Waals surface area contributed by atoms with E-state index in [9.17, 15) is 4.79 Å². The molecule has 0 aliphatic carbocycles. The Morgan fingerprint density at radius 2 is 1.83 bits per heavy atom. The van der Waals surface area contributed by atoms with Gasteiger partial charge in [0.1, 0.15) is 0 Å². The Morgan fingerprint density at radius 3 is 2.39 bits per heavy atom. The topological polar surface area (TPSA) is 23.6 Å². The zero-order valence-electron chi connectivity index (χ0n) is 11.7. The molecule has 18 heavy (non-hydrogen) atoms. The molecular weight excluding hydrogens is 224 g/mol. The van der Waals surface area contributed by atoms with Crippen LogP contribution in [0.3, 0.4) is 0 Å². The van der Waals surface area contributed by atoms with E-state index in [-0.39, 0.29) is 5.78 Å². The van der Waals surface area contributed by atoms with E-state index >= 15 is 0 Å². The van der Waals surface area contributed by atoms with Crippen LogP contribution in [0, 0.1) is 0 Å². The first-order valence-electron chi connectivity index (χ1n) is 6.57. The number of hydrogen-bond acceptors (Lipinski definition) is 3. The monoisotopic (exact) mass is 246 g/mol. The smallest absolute Gasteiger partial charge is 0.159 e. The molecule has 0 aromatic heterocycles. The van der Waals surface area contributed by atoms with Gasteiger partial charge in [0, 0.05) is 36.4 Å². The second-order valence-electron chi connectivity index (χ2n) is 5.38. The molecule has 1 heterocycles. The third kappa shape index (κ3) is 2.56. The Labute approximate surface area is 109 Å². The third-order valence-electron chi connectivity index (χ3n) is 3.98. The van der Waals surface area contributed by atoms with Crippen molar-refractivity contribution in [1.82, 2.24) is 4.90 Å². The van der Waals surface area contributed by atoms with E-state index in [2.05, 4.69) is 36.8 Å². The molecule has 2 rings (SSSR count). The second-order valence-corrected chi connectivity index (χ2v) is 5.38. The van der Waals surface area contributed by atoms with Gasteiger partial charge in [-0.3, -0.25) is 9.69 Å². The van der Waals surface area contributed by atoms with Crippen molar-refractivity contribution >= 4 is 11.5 Å². The van der Waals surface area contributed by atoms with Crippen LogP contribution in [0.5, 0.6) is 0 Å². The van der Waals surface area contributed by atoms with Gasteiger partial charge in [0.15, 0.2) is 5.78 Å². The highest BCUT2D eigenvalue weighted by Crippen LogP contribution is 2.22. The zero-order valence-corrected chi connectivity index (χ0v) is 11.7. The number of piperazine rings is 1. The maximum atomic E-state index is 11.4. The number of anilines is 1. The minimum absolute atomic E-state index is 0.132. The van der Waals surface area contributed by atoms with E-state index in [0.717, 1.165) is 24.3 Å². The van der Waals surface area contributed by atoms with Crippen molar-refractivity contribution in [2.45, 2.75) is 32.9 Å². The molecule has 1 aliphatic heterocycles. The lowest BCUT2D eigenvalue weighted by Gasteiger charge is -2.43. The van der Waals surface area contributed by atoms with Gasteiger partial charge in [0.2, 0.25) is 0 Å². The van der Waals surface area contributed by atoms with Gasteiger partial charge in [-0.1, -0.05) is 12.1 Å². The molecule has 0 amide bonds. The summed E-state index contributed by atoms with van der Waals surface area (Å²) in [4.78, 5) is 16.2. The quantitative estimate of drug-likeness (QED) is 0.749. The molecule has 3 heteroatoms. The lowest BCUT2D eigenvalue weighted by atomic mass is 10.1. The molecule has 2 atom stereocenters. The molecule has 0 radical (unpaired) electrons. The van der Waals surface area contributed by atoms with Gasteiger partial charge in [0.05, 0.1) is 0 Å². The van der Waals surface area contributed by atoms with Crippen molar-refractivity contribution in [3.63, 3.8) is 0 Å². The second kappa shape index (κ2) is 5.11. The summed E-state index contributed by atoms with van der Waals surface area (Å²) in [6.45, 7) is 8.15. The number of rotatable bonds is 2. The van der Waals surface area contributed by atoms with E-state index in [1.807, 2.05) is 18.2 Å². The molecule has 1 unspecified atom stereocenters. The molecule has 0 bridgehead atoms. The average Bonchev–Trinajstić information content (AvgIpc) is 2.35. The fraction of sp³-hybridized carbons (Fsp3) is 0.533. The van der Waals surface area contributed by atoms with E-state index < -0.39 is 0 Å². The summed E-state index contributed by atoms with van der Waals surface area (Å²) in [6, 6.07) is 9.03. The highest BCUT2D eigenvalue weighted by molar-refractivity contribution is 5.95. The van der Waals surface area contributed by atoms with Gasteiger partial charge in [-0.15, -0.1) is 0 Å². The third-order valence-corrected chi connectivity index (χ3v) is 3.98.